The van der Waals surface area contributed by atoms with Crippen LogP contribution in [-0.2, 0) is 4.79 Å². The molecule has 26 heavy (non-hydrogen) atoms. The van der Waals surface area contributed by atoms with Gasteiger partial charge in [0.15, 0.2) is 0 Å². The number of carboxylic acids is 1. The van der Waals surface area contributed by atoms with E-state index in [-0.39, 0.29) is 13.1 Å². The van der Waals surface area contributed by atoms with Gasteiger partial charge < -0.3 is 15.3 Å². The minimum absolute atomic E-state index is 0.104. The maximum Gasteiger partial charge on any atom is 0.390 e. The number of likely N-dealkylation sites (tertiary alicyclic amines) is 1. The number of halogens is 3. The fraction of sp³-hybridized carbons (Fsp3) is 0.944. The Bertz CT molecular complexity index is 471. The first kappa shape index (κ1) is 19.9. The molecule has 3 aliphatic rings. The van der Waals surface area contributed by atoms with Crippen molar-refractivity contribution in [3.8, 4) is 0 Å². The average molecular weight is 377 g/mol. The number of alkyl halides is 3. The van der Waals surface area contributed by atoms with Gasteiger partial charge in [-0.05, 0) is 57.5 Å². The zero-order valence-electron chi connectivity index (χ0n) is 15.2. The Morgan fingerprint density at radius 2 is 1.77 bits per heavy atom. The summed E-state index contributed by atoms with van der Waals surface area (Å²) < 4.78 is 36.9. The fourth-order valence-electron chi connectivity index (χ4n) is 4.11. The number of nitrogens with one attached hydrogen (secondary N) is 1. The summed E-state index contributed by atoms with van der Waals surface area (Å²) in [5.74, 6) is -0.0735. The summed E-state index contributed by atoms with van der Waals surface area (Å²) >= 11 is 0. The summed E-state index contributed by atoms with van der Waals surface area (Å²) in [5, 5.41) is 12.7. The molecule has 0 bridgehead atoms. The second-order valence-corrected chi connectivity index (χ2v) is 8.24. The van der Waals surface area contributed by atoms with E-state index in [4.69, 9.17) is 5.11 Å². The van der Waals surface area contributed by atoms with Gasteiger partial charge >= 0.3 is 12.1 Å². The lowest BCUT2D eigenvalue weighted by molar-refractivity contribution is -0.140. The van der Waals surface area contributed by atoms with Gasteiger partial charge in [0.05, 0.1) is 13.0 Å². The Morgan fingerprint density at radius 1 is 1.12 bits per heavy atom. The summed E-state index contributed by atoms with van der Waals surface area (Å²) in [6, 6.07) is 1.15. The quantitative estimate of drug-likeness (QED) is 0.646. The molecule has 0 aromatic carbocycles. The molecule has 0 aromatic heterocycles. The van der Waals surface area contributed by atoms with E-state index in [0.29, 0.717) is 24.0 Å². The van der Waals surface area contributed by atoms with E-state index in [9.17, 15) is 18.0 Å². The van der Waals surface area contributed by atoms with Crippen molar-refractivity contribution in [2.24, 2.45) is 5.92 Å². The lowest BCUT2D eigenvalue weighted by Gasteiger charge is -2.45. The van der Waals surface area contributed by atoms with Gasteiger partial charge in [0, 0.05) is 31.2 Å². The van der Waals surface area contributed by atoms with Gasteiger partial charge in [0.2, 0.25) is 0 Å². The molecule has 1 heterocycles. The van der Waals surface area contributed by atoms with Crippen LogP contribution in [0.1, 0.15) is 44.9 Å². The van der Waals surface area contributed by atoms with E-state index in [1.54, 1.807) is 0 Å². The Balaban J connectivity index is 1.32. The van der Waals surface area contributed by atoms with Crippen molar-refractivity contribution in [1.29, 1.82) is 0 Å². The molecular formula is C18H30F3N3O2. The minimum Gasteiger partial charge on any atom is -0.480 e. The van der Waals surface area contributed by atoms with Crippen LogP contribution in [0, 0.1) is 5.92 Å². The predicted molar refractivity (Wildman–Crippen MR) is 92.0 cm³/mol. The van der Waals surface area contributed by atoms with E-state index in [0.717, 1.165) is 45.3 Å². The second-order valence-electron chi connectivity index (χ2n) is 8.24. The summed E-state index contributed by atoms with van der Waals surface area (Å²) in [4.78, 5) is 15.1. The first-order valence-corrected chi connectivity index (χ1v) is 9.79. The highest BCUT2D eigenvalue weighted by molar-refractivity contribution is 5.69. The van der Waals surface area contributed by atoms with Crippen LogP contribution in [0.25, 0.3) is 0 Å². The van der Waals surface area contributed by atoms with Gasteiger partial charge in [-0.15, -0.1) is 0 Å². The van der Waals surface area contributed by atoms with Crippen LogP contribution in [-0.4, -0.2) is 77.9 Å². The van der Waals surface area contributed by atoms with Crippen molar-refractivity contribution in [3.63, 3.8) is 0 Å². The van der Waals surface area contributed by atoms with Gasteiger partial charge in [-0.25, -0.2) is 0 Å². The molecule has 1 saturated heterocycles. The topological polar surface area (TPSA) is 55.8 Å². The average Bonchev–Trinajstić information content (AvgIpc) is 3.32. The van der Waals surface area contributed by atoms with E-state index < -0.39 is 18.6 Å². The number of nitrogens with zero attached hydrogens (tertiary/aromatic N) is 2. The van der Waals surface area contributed by atoms with Crippen LogP contribution < -0.4 is 5.32 Å². The Hall–Kier alpha value is -0.860. The molecule has 0 amide bonds. The van der Waals surface area contributed by atoms with Gasteiger partial charge in [0.25, 0.3) is 0 Å². The highest BCUT2D eigenvalue weighted by Gasteiger charge is 2.38. The normalized spacial score (nSPS) is 28.3. The Labute approximate surface area is 152 Å². The van der Waals surface area contributed by atoms with E-state index in [2.05, 4.69) is 10.2 Å². The largest absolute Gasteiger partial charge is 0.480 e. The number of carboxylic acid groups (broad SMARTS) is 1. The number of hydrogen-bond donors (Lipinski definition) is 2. The molecule has 0 atom stereocenters. The van der Waals surface area contributed by atoms with E-state index in [1.807, 2.05) is 4.90 Å². The van der Waals surface area contributed by atoms with Crippen molar-refractivity contribution < 1.29 is 23.1 Å². The standard InChI is InChI=1S/C18H30F3N3O2/c19-18(20,21)5-8-23-6-3-14(4-7-23)22-15-9-16(10-15)24(12-17(25)26)11-13-1-2-13/h13-16,22H,1-12H2,(H,25,26). The zero-order chi connectivity index (χ0) is 18.7. The molecule has 8 heteroatoms. The van der Waals surface area contributed by atoms with Crippen LogP contribution in [0.2, 0.25) is 0 Å². The molecule has 150 valence electrons. The highest BCUT2D eigenvalue weighted by Crippen LogP contribution is 2.34. The summed E-state index contributed by atoms with van der Waals surface area (Å²) in [6.07, 6.45) is 1.38. The third kappa shape index (κ3) is 6.39. The molecule has 0 radical (unpaired) electrons. The molecule has 2 aliphatic carbocycles. The van der Waals surface area contributed by atoms with E-state index in [1.165, 1.54) is 12.8 Å². The van der Waals surface area contributed by atoms with E-state index >= 15 is 0 Å². The lowest BCUT2D eigenvalue weighted by Crippen LogP contribution is -2.57. The second kappa shape index (κ2) is 8.44. The minimum atomic E-state index is -4.07. The van der Waals surface area contributed by atoms with Crippen LogP contribution in [0.5, 0.6) is 0 Å². The zero-order valence-corrected chi connectivity index (χ0v) is 15.2. The maximum absolute atomic E-state index is 12.3. The summed E-state index contributed by atoms with van der Waals surface area (Å²) in [6.45, 7) is 2.58. The van der Waals surface area contributed by atoms with Gasteiger partial charge in [0.1, 0.15) is 0 Å². The SMILES string of the molecule is O=C(O)CN(CC1CC1)C1CC(NC2CCN(CCC(F)(F)F)CC2)C1. The smallest absolute Gasteiger partial charge is 0.390 e. The molecule has 0 spiro atoms. The molecule has 5 nitrogen and oxygen atoms in total. The number of carbonyl (C=O) groups is 1. The van der Waals surface area contributed by atoms with Crippen molar-refractivity contribution in [3.05, 3.63) is 0 Å². The Morgan fingerprint density at radius 3 is 2.31 bits per heavy atom. The maximum atomic E-state index is 12.3. The van der Waals surface area contributed by atoms with Crippen LogP contribution in [0.3, 0.4) is 0 Å². The monoisotopic (exact) mass is 377 g/mol. The molecular weight excluding hydrogens is 347 g/mol. The van der Waals surface area contributed by atoms with Gasteiger partial charge in [-0.2, -0.15) is 13.2 Å². The van der Waals surface area contributed by atoms with Crippen molar-refractivity contribution in [2.75, 3.05) is 32.7 Å². The first-order valence-electron chi connectivity index (χ1n) is 9.79. The summed E-state index contributed by atoms with van der Waals surface area (Å²) in [7, 11) is 0. The number of piperidine rings is 1. The van der Waals surface area contributed by atoms with Crippen LogP contribution in [0.4, 0.5) is 13.2 Å². The van der Waals surface area contributed by atoms with Crippen LogP contribution in [0.15, 0.2) is 0 Å². The van der Waals surface area contributed by atoms with Gasteiger partial charge in [-0.3, -0.25) is 9.69 Å². The molecule has 2 saturated carbocycles. The number of rotatable bonds is 9. The fourth-order valence-corrected chi connectivity index (χ4v) is 4.11. The van der Waals surface area contributed by atoms with Crippen molar-refractivity contribution >= 4 is 5.97 Å². The van der Waals surface area contributed by atoms with Crippen molar-refractivity contribution in [1.82, 2.24) is 15.1 Å². The van der Waals surface area contributed by atoms with Crippen LogP contribution >= 0.6 is 0 Å². The molecule has 3 fully saturated rings. The molecule has 3 rings (SSSR count). The van der Waals surface area contributed by atoms with Gasteiger partial charge in [-0.1, -0.05) is 0 Å². The molecule has 0 unspecified atom stereocenters. The third-order valence-electron chi connectivity index (χ3n) is 5.93. The molecule has 1 aliphatic heterocycles. The molecule has 2 N–H and O–H groups in total. The lowest BCUT2D eigenvalue weighted by atomic mass is 9.84. The predicted octanol–water partition coefficient (Wildman–Crippen LogP) is 2.32. The third-order valence-corrected chi connectivity index (χ3v) is 5.93. The number of aliphatic carboxylic acids is 1. The van der Waals surface area contributed by atoms with Crippen molar-refractivity contribution in [2.45, 2.75) is 69.2 Å². The first-order chi connectivity index (χ1) is 12.3. The summed E-state index contributed by atoms with van der Waals surface area (Å²) in [5.41, 5.74) is 0. The molecule has 0 aromatic rings. The highest BCUT2D eigenvalue weighted by atomic mass is 19.4. The Kier molecular flexibility index (Phi) is 6.45. The number of hydrogen-bond acceptors (Lipinski definition) is 4.